The van der Waals surface area contributed by atoms with Crippen LogP contribution in [0, 0.1) is 0 Å². The van der Waals surface area contributed by atoms with Gasteiger partial charge in [-0.25, -0.2) is 0 Å². The second kappa shape index (κ2) is 10.4. The molecule has 1 unspecified atom stereocenters. The summed E-state index contributed by atoms with van der Waals surface area (Å²) in [5.74, 6) is 0. The number of benzene rings is 3. The average Bonchev–Trinajstić information content (AvgIpc) is 2.81. The normalized spacial score (nSPS) is 16.5. The zero-order chi connectivity index (χ0) is 20.6. The summed E-state index contributed by atoms with van der Waals surface area (Å²) in [4.78, 5) is 4.94. The van der Waals surface area contributed by atoms with Gasteiger partial charge in [-0.3, -0.25) is 9.80 Å². The van der Waals surface area contributed by atoms with Crippen LogP contribution >= 0.6 is 0 Å². The smallest absolute Gasteiger partial charge is 0.0839 e. The van der Waals surface area contributed by atoms with Gasteiger partial charge < -0.3 is 10.4 Å². The van der Waals surface area contributed by atoms with Crippen molar-refractivity contribution in [1.82, 2.24) is 9.80 Å². The van der Waals surface area contributed by atoms with Crippen molar-refractivity contribution in [3.63, 3.8) is 0 Å². The Bertz CT molecular complexity index is 825. The van der Waals surface area contributed by atoms with E-state index in [1.54, 1.807) is 0 Å². The fraction of sp³-hybridized carbons (Fsp3) is 0.308. The SMILES string of the molecule is OC(CNc1ccccc1)CN1CCN(C(c2ccccc2)c2ccccc2)CC1. The van der Waals surface area contributed by atoms with Crippen LogP contribution in [0.2, 0.25) is 0 Å². The van der Waals surface area contributed by atoms with Gasteiger partial charge in [0, 0.05) is 45.0 Å². The quantitative estimate of drug-likeness (QED) is 0.601. The summed E-state index contributed by atoms with van der Waals surface area (Å²) < 4.78 is 0. The molecule has 1 heterocycles. The van der Waals surface area contributed by atoms with E-state index in [1.165, 1.54) is 11.1 Å². The number of nitrogens with zero attached hydrogens (tertiary/aromatic N) is 2. The fourth-order valence-electron chi connectivity index (χ4n) is 4.24. The number of hydrogen-bond donors (Lipinski definition) is 2. The Morgan fingerprint density at radius 1 is 0.700 bits per heavy atom. The highest BCUT2D eigenvalue weighted by Crippen LogP contribution is 2.29. The van der Waals surface area contributed by atoms with Crippen LogP contribution in [0.15, 0.2) is 91.0 Å². The predicted octanol–water partition coefficient (Wildman–Crippen LogP) is 3.87. The van der Waals surface area contributed by atoms with E-state index in [2.05, 4.69) is 75.8 Å². The average molecular weight is 402 g/mol. The minimum Gasteiger partial charge on any atom is -0.390 e. The van der Waals surface area contributed by atoms with E-state index in [0.717, 1.165) is 31.9 Å². The molecule has 0 aromatic heterocycles. The molecular weight excluding hydrogens is 370 g/mol. The maximum atomic E-state index is 10.5. The van der Waals surface area contributed by atoms with Gasteiger partial charge in [0.1, 0.15) is 0 Å². The number of anilines is 1. The molecule has 0 bridgehead atoms. The minimum absolute atomic E-state index is 0.277. The summed E-state index contributed by atoms with van der Waals surface area (Å²) in [5.41, 5.74) is 3.73. The number of para-hydroxylation sites is 1. The second-order valence-electron chi connectivity index (χ2n) is 7.96. The minimum atomic E-state index is -0.379. The second-order valence-corrected chi connectivity index (χ2v) is 7.96. The number of piperazine rings is 1. The van der Waals surface area contributed by atoms with E-state index in [0.29, 0.717) is 13.1 Å². The monoisotopic (exact) mass is 401 g/mol. The number of nitrogens with one attached hydrogen (secondary N) is 1. The van der Waals surface area contributed by atoms with Crippen LogP contribution in [0.5, 0.6) is 0 Å². The first-order valence-corrected chi connectivity index (χ1v) is 10.8. The topological polar surface area (TPSA) is 38.7 Å². The third kappa shape index (κ3) is 5.48. The third-order valence-electron chi connectivity index (χ3n) is 5.79. The third-order valence-corrected chi connectivity index (χ3v) is 5.79. The molecule has 0 amide bonds. The maximum absolute atomic E-state index is 10.5. The highest BCUT2D eigenvalue weighted by atomic mass is 16.3. The van der Waals surface area contributed by atoms with Crippen molar-refractivity contribution in [2.75, 3.05) is 44.6 Å². The standard InChI is InChI=1S/C26H31N3O/c30-25(20-27-24-14-8-3-9-15-24)21-28-16-18-29(19-17-28)26(22-10-4-1-5-11-22)23-12-6-2-7-13-23/h1-15,25-27,30H,16-21H2. The summed E-state index contributed by atoms with van der Waals surface area (Å²) >= 11 is 0. The summed E-state index contributed by atoms with van der Waals surface area (Å²) in [7, 11) is 0. The molecule has 4 nitrogen and oxygen atoms in total. The van der Waals surface area contributed by atoms with E-state index in [9.17, 15) is 5.11 Å². The molecule has 0 aliphatic carbocycles. The van der Waals surface area contributed by atoms with Gasteiger partial charge in [0.15, 0.2) is 0 Å². The van der Waals surface area contributed by atoms with Gasteiger partial charge >= 0.3 is 0 Å². The van der Waals surface area contributed by atoms with Gasteiger partial charge in [-0.05, 0) is 23.3 Å². The van der Waals surface area contributed by atoms with E-state index in [1.807, 2.05) is 30.3 Å². The van der Waals surface area contributed by atoms with Crippen LogP contribution < -0.4 is 5.32 Å². The van der Waals surface area contributed by atoms with Gasteiger partial charge in [-0.1, -0.05) is 78.9 Å². The lowest BCUT2D eigenvalue weighted by molar-refractivity contribution is 0.0672. The lowest BCUT2D eigenvalue weighted by Gasteiger charge is -2.40. The molecule has 156 valence electrons. The highest BCUT2D eigenvalue weighted by Gasteiger charge is 2.26. The Morgan fingerprint density at radius 3 is 1.73 bits per heavy atom. The number of hydrogen-bond acceptors (Lipinski definition) is 4. The van der Waals surface area contributed by atoms with E-state index < -0.39 is 0 Å². The van der Waals surface area contributed by atoms with Gasteiger partial charge in [0.25, 0.3) is 0 Å². The molecule has 30 heavy (non-hydrogen) atoms. The molecule has 2 N–H and O–H groups in total. The van der Waals surface area contributed by atoms with Crippen LogP contribution in [-0.4, -0.2) is 60.3 Å². The highest BCUT2D eigenvalue weighted by molar-refractivity contribution is 5.42. The molecule has 1 aliphatic heterocycles. The van der Waals surface area contributed by atoms with Crippen molar-refractivity contribution in [1.29, 1.82) is 0 Å². The Kier molecular flexibility index (Phi) is 7.14. The van der Waals surface area contributed by atoms with Gasteiger partial charge in [-0.15, -0.1) is 0 Å². The van der Waals surface area contributed by atoms with Crippen molar-refractivity contribution in [3.8, 4) is 0 Å². The van der Waals surface area contributed by atoms with Crippen molar-refractivity contribution < 1.29 is 5.11 Å². The lowest BCUT2D eigenvalue weighted by Crippen LogP contribution is -2.50. The molecule has 0 spiro atoms. The maximum Gasteiger partial charge on any atom is 0.0839 e. The van der Waals surface area contributed by atoms with E-state index in [-0.39, 0.29) is 12.1 Å². The summed E-state index contributed by atoms with van der Waals surface area (Å²) in [6.07, 6.45) is -0.379. The van der Waals surface area contributed by atoms with Crippen molar-refractivity contribution in [2.24, 2.45) is 0 Å². The fourth-order valence-corrected chi connectivity index (χ4v) is 4.24. The summed E-state index contributed by atoms with van der Waals surface area (Å²) in [5, 5.41) is 13.8. The number of aliphatic hydroxyl groups is 1. The van der Waals surface area contributed by atoms with Crippen molar-refractivity contribution in [2.45, 2.75) is 12.1 Å². The molecule has 3 aromatic carbocycles. The summed E-state index contributed by atoms with van der Waals surface area (Å²) in [6, 6.07) is 31.9. The van der Waals surface area contributed by atoms with E-state index >= 15 is 0 Å². The molecule has 1 saturated heterocycles. The molecule has 0 radical (unpaired) electrons. The molecule has 3 aromatic rings. The first kappa shape index (κ1) is 20.6. The Hall–Kier alpha value is -2.66. The molecule has 4 rings (SSSR count). The van der Waals surface area contributed by atoms with Crippen molar-refractivity contribution >= 4 is 5.69 Å². The van der Waals surface area contributed by atoms with Gasteiger partial charge in [-0.2, -0.15) is 0 Å². The Balaban J connectivity index is 1.33. The lowest BCUT2D eigenvalue weighted by atomic mass is 9.96. The zero-order valence-electron chi connectivity index (χ0n) is 17.4. The molecule has 1 aliphatic rings. The molecule has 0 saturated carbocycles. The van der Waals surface area contributed by atoms with Gasteiger partial charge in [0.2, 0.25) is 0 Å². The first-order chi connectivity index (χ1) is 14.8. The molecule has 1 atom stereocenters. The largest absolute Gasteiger partial charge is 0.390 e. The van der Waals surface area contributed by atoms with E-state index in [4.69, 9.17) is 0 Å². The molecule has 1 fully saturated rings. The molecule has 4 heteroatoms. The molecular formula is C26H31N3O. The van der Waals surface area contributed by atoms with Crippen molar-refractivity contribution in [3.05, 3.63) is 102 Å². The van der Waals surface area contributed by atoms with Crippen LogP contribution in [0.1, 0.15) is 17.2 Å². The number of rotatable bonds is 8. The zero-order valence-corrected chi connectivity index (χ0v) is 17.4. The van der Waals surface area contributed by atoms with Crippen LogP contribution in [0.3, 0.4) is 0 Å². The van der Waals surface area contributed by atoms with Gasteiger partial charge in [0.05, 0.1) is 12.1 Å². The first-order valence-electron chi connectivity index (χ1n) is 10.8. The number of aliphatic hydroxyl groups excluding tert-OH is 1. The number of β-amino-alcohol motifs (C(OH)–C–C–N with tert-alkyl or cyclic N) is 1. The Labute approximate surface area is 179 Å². The predicted molar refractivity (Wildman–Crippen MR) is 124 cm³/mol. The van der Waals surface area contributed by atoms with Crippen LogP contribution in [0.25, 0.3) is 0 Å². The van der Waals surface area contributed by atoms with Crippen LogP contribution in [-0.2, 0) is 0 Å². The van der Waals surface area contributed by atoms with Crippen LogP contribution in [0.4, 0.5) is 5.69 Å². The summed E-state index contributed by atoms with van der Waals surface area (Å²) in [6.45, 7) is 5.20. The Morgan fingerprint density at radius 2 is 1.20 bits per heavy atom.